The predicted molar refractivity (Wildman–Crippen MR) is 81.7 cm³/mol. The molecule has 0 radical (unpaired) electrons. The van der Waals surface area contributed by atoms with Gasteiger partial charge in [-0.3, -0.25) is 4.79 Å². The van der Waals surface area contributed by atoms with Crippen LogP contribution in [0, 0.1) is 5.82 Å². The van der Waals surface area contributed by atoms with Crippen molar-refractivity contribution in [1.82, 2.24) is 5.32 Å². The molecule has 2 fully saturated rings. The van der Waals surface area contributed by atoms with Crippen LogP contribution in [-0.2, 0) is 20.0 Å². The molecule has 1 aromatic carbocycles. The second kappa shape index (κ2) is 5.65. The Morgan fingerprint density at radius 1 is 1.18 bits per heavy atom. The number of hydrogen-bond acceptors (Lipinski definition) is 3. The Labute approximate surface area is 130 Å². The van der Waals surface area contributed by atoms with Crippen molar-refractivity contribution >= 4 is 15.7 Å². The second-order valence-electron chi connectivity index (χ2n) is 6.37. The van der Waals surface area contributed by atoms with Gasteiger partial charge in [0.1, 0.15) is 5.82 Å². The molecule has 1 aliphatic heterocycles. The summed E-state index contributed by atoms with van der Waals surface area (Å²) in [6.07, 6.45) is 3.84. The third-order valence-electron chi connectivity index (χ3n) is 4.86. The maximum absolute atomic E-state index is 13.1. The minimum absolute atomic E-state index is 0.0260. The van der Waals surface area contributed by atoms with E-state index in [4.69, 9.17) is 0 Å². The van der Waals surface area contributed by atoms with Crippen LogP contribution in [-0.4, -0.2) is 31.9 Å². The van der Waals surface area contributed by atoms with Crippen molar-refractivity contribution in [2.75, 3.05) is 11.5 Å². The van der Waals surface area contributed by atoms with E-state index in [-0.39, 0.29) is 29.3 Å². The molecule has 3 rings (SSSR count). The molecule has 6 heteroatoms. The molecule has 0 bridgehead atoms. The van der Waals surface area contributed by atoms with Crippen LogP contribution in [0.2, 0.25) is 0 Å². The van der Waals surface area contributed by atoms with Crippen LogP contribution in [0.5, 0.6) is 0 Å². The monoisotopic (exact) mass is 325 g/mol. The van der Waals surface area contributed by atoms with E-state index in [1.165, 1.54) is 12.1 Å². The van der Waals surface area contributed by atoms with Gasteiger partial charge in [0, 0.05) is 6.04 Å². The maximum atomic E-state index is 13.1. The van der Waals surface area contributed by atoms with E-state index in [1.54, 1.807) is 12.1 Å². The van der Waals surface area contributed by atoms with Crippen molar-refractivity contribution in [3.63, 3.8) is 0 Å². The van der Waals surface area contributed by atoms with Gasteiger partial charge in [0.2, 0.25) is 5.91 Å². The van der Waals surface area contributed by atoms with Crippen molar-refractivity contribution < 1.29 is 17.6 Å². The average molecular weight is 325 g/mol. The number of carbonyl (C=O) groups excluding carboxylic acids is 1. The first-order valence-corrected chi connectivity index (χ1v) is 9.51. The quantitative estimate of drug-likeness (QED) is 0.924. The molecule has 1 amide bonds. The highest BCUT2D eigenvalue weighted by Gasteiger charge is 2.44. The fourth-order valence-electron chi connectivity index (χ4n) is 3.63. The van der Waals surface area contributed by atoms with Gasteiger partial charge >= 0.3 is 0 Å². The molecule has 4 nitrogen and oxygen atoms in total. The first-order chi connectivity index (χ1) is 10.4. The molecule has 0 unspecified atom stereocenters. The molecule has 1 N–H and O–H groups in total. The van der Waals surface area contributed by atoms with Gasteiger partial charge in [-0.1, -0.05) is 25.0 Å². The number of carbonyl (C=O) groups is 1. The Bertz CT molecular complexity index is 663. The van der Waals surface area contributed by atoms with Crippen LogP contribution >= 0.6 is 0 Å². The van der Waals surface area contributed by atoms with Crippen molar-refractivity contribution in [3.05, 3.63) is 35.6 Å². The lowest BCUT2D eigenvalue weighted by Crippen LogP contribution is -2.47. The van der Waals surface area contributed by atoms with E-state index in [0.29, 0.717) is 6.42 Å². The van der Waals surface area contributed by atoms with E-state index in [0.717, 1.165) is 31.2 Å². The topological polar surface area (TPSA) is 63.2 Å². The molecular formula is C16H20FNO3S. The Morgan fingerprint density at radius 3 is 2.36 bits per heavy atom. The molecular weight excluding hydrogens is 305 g/mol. The Kier molecular flexibility index (Phi) is 3.97. The zero-order chi connectivity index (χ0) is 15.8. The number of halogens is 1. The van der Waals surface area contributed by atoms with E-state index in [9.17, 15) is 17.6 Å². The van der Waals surface area contributed by atoms with Gasteiger partial charge in [-0.2, -0.15) is 0 Å². The summed E-state index contributed by atoms with van der Waals surface area (Å²) in [6, 6.07) is 5.80. The molecule has 120 valence electrons. The SMILES string of the molecule is O=C(N[C@@H]1CCS(=O)(=O)C1)C1(c2ccc(F)cc2)CCCC1. The fraction of sp³-hybridized carbons (Fsp3) is 0.562. The molecule has 1 aromatic rings. The van der Waals surface area contributed by atoms with Crippen molar-refractivity contribution in [3.8, 4) is 0 Å². The van der Waals surface area contributed by atoms with Crippen molar-refractivity contribution in [2.24, 2.45) is 0 Å². The highest BCUT2D eigenvalue weighted by atomic mass is 32.2. The first-order valence-electron chi connectivity index (χ1n) is 7.69. The summed E-state index contributed by atoms with van der Waals surface area (Å²) in [7, 11) is -3.02. The lowest BCUT2D eigenvalue weighted by molar-refractivity contribution is -0.127. The molecule has 1 aliphatic carbocycles. The van der Waals surface area contributed by atoms with Crippen LogP contribution < -0.4 is 5.32 Å². The molecule has 0 aromatic heterocycles. The smallest absolute Gasteiger partial charge is 0.230 e. The molecule has 1 saturated heterocycles. The normalized spacial score (nSPS) is 26.0. The van der Waals surface area contributed by atoms with Gasteiger partial charge in [0.05, 0.1) is 16.9 Å². The third kappa shape index (κ3) is 2.89. The lowest BCUT2D eigenvalue weighted by atomic mass is 9.78. The zero-order valence-corrected chi connectivity index (χ0v) is 13.2. The summed E-state index contributed by atoms with van der Waals surface area (Å²) in [5.41, 5.74) is 0.185. The van der Waals surface area contributed by atoms with Gasteiger partial charge in [-0.25, -0.2) is 12.8 Å². The summed E-state index contributed by atoms with van der Waals surface area (Å²) in [4.78, 5) is 12.8. The molecule has 1 saturated carbocycles. The van der Waals surface area contributed by atoms with Crippen LogP contribution in [0.15, 0.2) is 24.3 Å². The summed E-state index contributed by atoms with van der Waals surface area (Å²) in [6.45, 7) is 0. The van der Waals surface area contributed by atoms with Crippen molar-refractivity contribution in [1.29, 1.82) is 0 Å². The summed E-state index contributed by atoms with van der Waals surface area (Å²) in [5.74, 6) is -0.266. The van der Waals surface area contributed by atoms with Gasteiger partial charge in [-0.15, -0.1) is 0 Å². The van der Waals surface area contributed by atoms with E-state index in [2.05, 4.69) is 5.32 Å². The fourth-order valence-corrected chi connectivity index (χ4v) is 5.30. The Morgan fingerprint density at radius 2 is 1.82 bits per heavy atom. The van der Waals surface area contributed by atoms with E-state index < -0.39 is 15.3 Å². The number of sulfone groups is 1. The van der Waals surface area contributed by atoms with Gasteiger partial charge in [0.15, 0.2) is 9.84 Å². The molecule has 0 spiro atoms. The molecule has 1 atom stereocenters. The number of amides is 1. The highest BCUT2D eigenvalue weighted by Crippen LogP contribution is 2.41. The average Bonchev–Trinajstić information content (AvgIpc) is 3.07. The maximum Gasteiger partial charge on any atom is 0.230 e. The summed E-state index contributed by atoms with van der Waals surface area (Å²) in [5, 5.41) is 2.92. The first kappa shape index (κ1) is 15.5. The second-order valence-corrected chi connectivity index (χ2v) is 8.60. The number of nitrogens with one attached hydrogen (secondary N) is 1. The minimum atomic E-state index is -3.02. The summed E-state index contributed by atoms with van der Waals surface area (Å²) >= 11 is 0. The number of rotatable bonds is 3. The molecule has 22 heavy (non-hydrogen) atoms. The van der Waals surface area contributed by atoms with Gasteiger partial charge in [-0.05, 0) is 37.0 Å². The number of hydrogen-bond donors (Lipinski definition) is 1. The van der Waals surface area contributed by atoms with Crippen molar-refractivity contribution in [2.45, 2.75) is 43.6 Å². The van der Waals surface area contributed by atoms with Crippen LogP contribution in [0.3, 0.4) is 0 Å². The number of benzene rings is 1. The Balaban J connectivity index is 1.81. The van der Waals surface area contributed by atoms with E-state index in [1.807, 2.05) is 0 Å². The summed E-state index contributed by atoms with van der Waals surface area (Å²) < 4.78 is 36.2. The molecule has 2 aliphatic rings. The highest BCUT2D eigenvalue weighted by molar-refractivity contribution is 7.91. The van der Waals surface area contributed by atoms with Crippen LogP contribution in [0.1, 0.15) is 37.7 Å². The largest absolute Gasteiger partial charge is 0.352 e. The van der Waals surface area contributed by atoms with Gasteiger partial charge < -0.3 is 5.32 Å². The zero-order valence-electron chi connectivity index (χ0n) is 12.3. The van der Waals surface area contributed by atoms with Gasteiger partial charge in [0.25, 0.3) is 0 Å². The van der Waals surface area contributed by atoms with Crippen LogP contribution in [0.25, 0.3) is 0 Å². The lowest BCUT2D eigenvalue weighted by Gasteiger charge is -2.29. The third-order valence-corrected chi connectivity index (χ3v) is 6.62. The minimum Gasteiger partial charge on any atom is -0.352 e. The standard InChI is InChI=1S/C16H20FNO3S/c17-13-5-3-12(4-6-13)16(8-1-2-9-16)15(19)18-14-7-10-22(20,21)11-14/h3-6,14H,1-2,7-11H2,(H,18,19)/t14-/m1/s1. The van der Waals surface area contributed by atoms with E-state index >= 15 is 0 Å². The predicted octanol–water partition coefficient (Wildman–Crippen LogP) is 1.94. The van der Waals surface area contributed by atoms with Crippen LogP contribution in [0.4, 0.5) is 4.39 Å². The molecule has 1 heterocycles. The Hall–Kier alpha value is -1.43.